The molecular weight excluding hydrogens is 336 g/mol. The van der Waals surface area contributed by atoms with Gasteiger partial charge in [-0.1, -0.05) is 41.5 Å². The minimum Gasteiger partial charge on any atom is -0.489 e. The Morgan fingerprint density at radius 1 is 1.04 bits per heavy atom. The van der Waals surface area contributed by atoms with E-state index in [0.717, 1.165) is 0 Å². The largest absolute Gasteiger partial charge is 0.489 e. The van der Waals surface area contributed by atoms with Gasteiger partial charge in [-0.3, -0.25) is 4.79 Å². The van der Waals surface area contributed by atoms with Crippen molar-refractivity contribution in [2.45, 2.75) is 47.1 Å². The zero-order valence-electron chi connectivity index (χ0n) is 16.6. The fraction of sp³-hybridized carbons (Fsp3) is 0.550. The molecule has 1 heterocycles. The number of rotatable bonds is 2. The number of hydrogen-bond acceptors (Lipinski definition) is 6. The number of ether oxygens (including phenoxy) is 3. The lowest BCUT2D eigenvalue weighted by Crippen LogP contribution is -2.44. The molecule has 2 rings (SSSR count). The Labute approximate surface area is 153 Å². The van der Waals surface area contributed by atoms with Gasteiger partial charge in [-0.05, 0) is 28.6 Å². The van der Waals surface area contributed by atoms with Crippen LogP contribution in [0.4, 0.5) is 0 Å². The second-order valence-corrected chi connectivity index (χ2v) is 8.51. The van der Waals surface area contributed by atoms with Gasteiger partial charge in [0.2, 0.25) is 5.76 Å². The second kappa shape index (κ2) is 6.11. The first-order chi connectivity index (χ1) is 11.8. The van der Waals surface area contributed by atoms with Crippen molar-refractivity contribution >= 4 is 17.7 Å². The number of ketones is 1. The fourth-order valence-electron chi connectivity index (χ4n) is 3.37. The molecule has 1 spiro atoms. The molecule has 142 valence electrons. The van der Waals surface area contributed by atoms with E-state index in [-0.39, 0.29) is 17.1 Å². The number of carbonyl (C=O) groups excluding carboxylic acids is 3. The van der Waals surface area contributed by atoms with Crippen molar-refractivity contribution in [3.05, 3.63) is 34.6 Å². The smallest absolute Gasteiger partial charge is 0.375 e. The van der Waals surface area contributed by atoms with Crippen molar-refractivity contribution in [1.29, 1.82) is 0 Å². The summed E-state index contributed by atoms with van der Waals surface area (Å²) >= 11 is 0. The van der Waals surface area contributed by atoms with Crippen LogP contribution < -0.4 is 0 Å². The molecule has 0 aromatic heterocycles. The van der Waals surface area contributed by atoms with Crippen molar-refractivity contribution in [3.63, 3.8) is 0 Å². The quantitative estimate of drug-likeness (QED) is 0.703. The first-order valence-corrected chi connectivity index (χ1v) is 8.40. The maximum absolute atomic E-state index is 12.8. The van der Waals surface area contributed by atoms with Crippen LogP contribution >= 0.6 is 0 Å². The summed E-state index contributed by atoms with van der Waals surface area (Å²) in [6.45, 7) is 11.3. The van der Waals surface area contributed by atoms with Crippen LogP contribution in [0.2, 0.25) is 0 Å². The van der Waals surface area contributed by atoms with E-state index in [4.69, 9.17) is 14.2 Å². The van der Waals surface area contributed by atoms with Crippen molar-refractivity contribution < 1.29 is 28.6 Å². The third kappa shape index (κ3) is 2.97. The maximum Gasteiger partial charge on any atom is 0.375 e. The number of hydrogen-bond donors (Lipinski definition) is 0. The molecule has 0 bridgehead atoms. The van der Waals surface area contributed by atoms with Gasteiger partial charge >= 0.3 is 11.9 Å². The van der Waals surface area contributed by atoms with Crippen LogP contribution in [0.5, 0.6) is 0 Å². The highest BCUT2D eigenvalue weighted by molar-refractivity contribution is 6.11. The highest BCUT2D eigenvalue weighted by Crippen LogP contribution is 2.51. The molecular formula is C20H26O6. The topological polar surface area (TPSA) is 78.9 Å². The molecule has 6 heteroatoms. The Hall–Kier alpha value is -2.37. The summed E-state index contributed by atoms with van der Waals surface area (Å²) in [5, 5.41) is 0. The number of methoxy groups -OCH3 is 2. The third-order valence-electron chi connectivity index (χ3n) is 4.54. The molecule has 0 amide bonds. The van der Waals surface area contributed by atoms with Gasteiger partial charge in [0.05, 0.1) is 14.2 Å². The number of carbonyl (C=O) groups is 3. The maximum atomic E-state index is 12.8. The normalized spacial score (nSPS) is 23.7. The number of esters is 2. The van der Waals surface area contributed by atoms with Crippen molar-refractivity contribution in [1.82, 2.24) is 0 Å². The van der Waals surface area contributed by atoms with Crippen molar-refractivity contribution in [3.8, 4) is 0 Å². The predicted molar refractivity (Wildman–Crippen MR) is 95.0 cm³/mol. The summed E-state index contributed by atoms with van der Waals surface area (Å²) in [5.41, 5.74) is -1.67. The average Bonchev–Trinajstić information content (AvgIpc) is 2.78. The highest BCUT2D eigenvalue weighted by atomic mass is 16.6. The minimum absolute atomic E-state index is 0.0390. The van der Waals surface area contributed by atoms with E-state index in [1.165, 1.54) is 20.3 Å². The van der Waals surface area contributed by atoms with Crippen LogP contribution in [0.15, 0.2) is 34.6 Å². The van der Waals surface area contributed by atoms with Crippen molar-refractivity contribution in [2.24, 2.45) is 10.8 Å². The Balaban J connectivity index is 2.90. The van der Waals surface area contributed by atoms with E-state index in [1.807, 2.05) is 41.5 Å². The molecule has 1 aliphatic carbocycles. The van der Waals surface area contributed by atoms with Gasteiger partial charge in [-0.2, -0.15) is 0 Å². The summed E-state index contributed by atoms with van der Waals surface area (Å²) in [4.78, 5) is 37.8. The fourth-order valence-corrected chi connectivity index (χ4v) is 3.37. The lowest BCUT2D eigenvalue weighted by molar-refractivity contribution is -0.146. The Morgan fingerprint density at radius 2 is 1.62 bits per heavy atom. The molecule has 26 heavy (non-hydrogen) atoms. The summed E-state index contributed by atoms with van der Waals surface area (Å²) in [7, 11) is 2.52. The standard InChI is InChI=1S/C20H26O6/c1-18(2,3)11-10-20(13(9-12(11)21)19(4,5)6)14(16(22)25-8)15(24-7)17(23)26-20/h9-10H,1-8H3. The zero-order valence-corrected chi connectivity index (χ0v) is 16.6. The third-order valence-corrected chi connectivity index (χ3v) is 4.54. The Kier molecular flexibility index (Phi) is 4.69. The molecule has 6 nitrogen and oxygen atoms in total. The first kappa shape index (κ1) is 19.9. The van der Waals surface area contributed by atoms with Gasteiger partial charge in [0, 0.05) is 5.57 Å². The molecule has 0 saturated carbocycles. The van der Waals surface area contributed by atoms with Crippen LogP contribution in [0.25, 0.3) is 0 Å². The molecule has 1 unspecified atom stereocenters. The van der Waals surface area contributed by atoms with Gasteiger partial charge in [-0.15, -0.1) is 0 Å². The molecule has 2 aliphatic rings. The van der Waals surface area contributed by atoms with E-state index in [0.29, 0.717) is 11.1 Å². The predicted octanol–water partition coefficient (Wildman–Crippen LogP) is 2.88. The SMILES string of the molecule is COC(=O)C1=C(OC)C(=O)OC12C=C(C(C)(C)C)C(=O)C=C2C(C)(C)C. The van der Waals surface area contributed by atoms with Gasteiger partial charge in [0.15, 0.2) is 11.4 Å². The van der Waals surface area contributed by atoms with Gasteiger partial charge in [0.1, 0.15) is 5.57 Å². The van der Waals surface area contributed by atoms with Crippen LogP contribution in [-0.2, 0) is 28.6 Å². The Bertz CT molecular complexity index is 767. The highest BCUT2D eigenvalue weighted by Gasteiger charge is 2.58. The zero-order chi connectivity index (χ0) is 20.1. The van der Waals surface area contributed by atoms with Crippen LogP contribution in [0, 0.1) is 10.8 Å². The Morgan fingerprint density at radius 3 is 2.04 bits per heavy atom. The van der Waals surface area contributed by atoms with E-state index < -0.39 is 28.4 Å². The lowest BCUT2D eigenvalue weighted by Gasteiger charge is -2.40. The average molecular weight is 362 g/mol. The van der Waals surface area contributed by atoms with E-state index in [1.54, 1.807) is 6.08 Å². The van der Waals surface area contributed by atoms with Gasteiger partial charge in [-0.25, -0.2) is 9.59 Å². The molecule has 0 radical (unpaired) electrons. The summed E-state index contributed by atoms with van der Waals surface area (Å²) < 4.78 is 15.8. The van der Waals surface area contributed by atoms with Crippen LogP contribution in [-0.4, -0.2) is 37.5 Å². The lowest BCUT2D eigenvalue weighted by atomic mass is 9.66. The van der Waals surface area contributed by atoms with E-state index in [9.17, 15) is 14.4 Å². The monoisotopic (exact) mass is 362 g/mol. The van der Waals surface area contributed by atoms with E-state index >= 15 is 0 Å². The molecule has 0 aromatic carbocycles. The molecule has 0 N–H and O–H groups in total. The molecule has 0 aromatic rings. The molecule has 1 aliphatic heterocycles. The summed E-state index contributed by atoms with van der Waals surface area (Å²) in [6.07, 6.45) is 3.04. The summed E-state index contributed by atoms with van der Waals surface area (Å²) in [6, 6.07) is 0. The minimum atomic E-state index is -1.52. The molecule has 0 saturated heterocycles. The summed E-state index contributed by atoms with van der Waals surface area (Å²) in [5.74, 6) is -1.87. The number of allylic oxidation sites excluding steroid dienone is 2. The van der Waals surface area contributed by atoms with Gasteiger partial charge in [0.25, 0.3) is 0 Å². The first-order valence-electron chi connectivity index (χ1n) is 8.40. The second-order valence-electron chi connectivity index (χ2n) is 8.51. The molecule has 0 fully saturated rings. The van der Waals surface area contributed by atoms with Crippen molar-refractivity contribution in [2.75, 3.05) is 14.2 Å². The van der Waals surface area contributed by atoms with Crippen LogP contribution in [0.3, 0.4) is 0 Å². The van der Waals surface area contributed by atoms with E-state index in [2.05, 4.69) is 0 Å². The molecule has 1 atom stereocenters. The van der Waals surface area contributed by atoms with Gasteiger partial charge < -0.3 is 14.2 Å². The van der Waals surface area contributed by atoms with Crippen LogP contribution in [0.1, 0.15) is 41.5 Å².